The van der Waals surface area contributed by atoms with Gasteiger partial charge in [-0.15, -0.1) is 0 Å². The Hall–Kier alpha value is -0.770. The Morgan fingerprint density at radius 2 is 2.00 bits per heavy atom. The van der Waals surface area contributed by atoms with Crippen molar-refractivity contribution in [1.29, 1.82) is 0 Å². The van der Waals surface area contributed by atoms with Gasteiger partial charge in [0.1, 0.15) is 0 Å². The highest BCUT2D eigenvalue weighted by Crippen LogP contribution is 2.36. The number of hydrogen-bond donors (Lipinski definition) is 0. The summed E-state index contributed by atoms with van der Waals surface area (Å²) < 4.78 is 5.92. The predicted octanol–water partition coefficient (Wildman–Crippen LogP) is 4.08. The first-order chi connectivity index (χ1) is 8.39. The molecule has 18 heavy (non-hydrogen) atoms. The van der Waals surface area contributed by atoms with E-state index in [4.69, 9.17) is 4.42 Å². The van der Waals surface area contributed by atoms with Crippen LogP contribution in [0.1, 0.15) is 50.1 Å². The molecule has 1 aromatic heterocycles. The topological polar surface area (TPSA) is 33.5 Å². The van der Waals surface area contributed by atoms with Crippen LogP contribution in [-0.2, 0) is 0 Å². The van der Waals surface area contributed by atoms with Crippen LogP contribution in [0.25, 0.3) is 0 Å². The SMILES string of the molecule is CN(C(=O)c1ccc(Br)o1)C1CCC(C)(C)CC1. The third-order valence-electron chi connectivity index (χ3n) is 3.96. The molecule has 1 aromatic rings. The number of carbonyl (C=O) groups excluding carboxylic acids is 1. The van der Waals surface area contributed by atoms with Crippen LogP contribution in [-0.4, -0.2) is 23.9 Å². The lowest BCUT2D eigenvalue weighted by Crippen LogP contribution is -2.40. The Labute approximate surface area is 117 Å². The van der Waals surface area contributed by atoms with Gasteiger partial charge in [-0.25, -0.2) is 0 Å². The minimum atomic E-state index is -0.0228. The first kappa shape index (κ1) is 13.7. The number of furan rings is 1. The molecule has 2 rings (SSSR count). The molecule has 0 saturated heterocycles. The molecule has 0 bridgehead atoms. The summed E-state index contributed by atoms with van der Waals surface area (Å²) in [4.78, 5) is 14.1. The van der Waals surface area contributed by atoms with Crippen molar-refractivity contribution in [1.82, 2.24) is 4.90 Å². The molecule has 1 saturated carbocycles. The van der Waals surface area contributed by atoms with Gasteiger partial charge in [-0.05, 0) is 59.2 Å². The van der Waals surface area contributed by atoms with E-state index in [0.29, 0.717) is 21.9 Å². The van der Waals surface area contributed by atoms with Crippen LogP contribution in [0.3, 0.4) is 0 Å². The van der Waals surface area contributed by atoms with Crippen LogP contribution in [0.4, 0.5) is 0 Å². The van der Waals surface area contributed by atoms with Gasteiger partial charge in [-0.3, -0.25) is 4.79 Å². The molecule has 0 atom stereocenters. The zero-order chi connectivity index (χ0) is 13.3. The van der Waals surface area contributed by atoms with Gasteiger partial charge in [0, 0.05) is 13.1 Å². The van der Waals surface area contributed by atoms with E-state index in [2.05, 4.69) is 29.8 Å². The number of rotatable bonds is 2. The summed E-state index contributed by atoms with van der Waals surface area (Å²) in [5.74, 6) is 0.389. The molecule has 0 aromatic carbocycles. The first-order valence-electron chi connectivity index (χ1n) is 6.41. The first-order valence-corrected chi connectivity index (χ1v) is 7.21. The fraction of sp³-hybridized carbons (Fsp3) is 0.643. The highest BCUT2D eigenvalue weighted by atomic mass is 79.9. The van der Waals surface area contributed by atoms with E-state index in [1.807, 2.05) is 11.9 Å². The molecule has 1 aliphatic rings. The minimum absolute atomic E-state index is 0.0228. The summed E-state index contributed by atoms with van der Waals surface area (Å²) in [6, 6.07) is 3.81. The molecular formula is C14H20BrNO2. The summed E-state index contributed by atoms with van der Waals surface area (Å²) in [6.45, 7) is 4.60. The van der Waals surface area contributed by atoms with Crippen LogP contribution in [0.5, 0.6) is 0 Å². The molecule has 0 N–H and O–H groups in total. The standard InChI is InChI=1S/C14H20BrNO2/c1-14(2)8-6-10(7-9-14)16(3)13(17)11-4-5-12(15)18-11/h4-5,10H,6-9H2,1-3H3. The van der Waals surface area contributed by atoms with Crippen LogP contribution in [0.15, 0.2) is 21.2 Å². The van der Waals surface area contributed by atoms with E-state index < -0.39 is 0 Å². The van der Waals surface area contributed by atoms with Crippen LogP contribution < -0.4 is 0 Å². The molecule has 3 nitrogen and oxygen atoms in total. The zero-order valence-electron chi connectivity index (χ0n) is 11.2. The van der Waals surface area contributed by atoms with Crippen molar-refractivity contribution in [2.75, 3.05) is 7.05 Å². The molecule has 0 aliphatic heterocycles. The normalized spacial score (nSPS) is 19.8. The van der Waals surface area contributed by atoms with Crippen LogP contribution >= 0.6 is 15.9 Å². The monoisotopic (exact) mass is 313 g/mol. The van der Waals surface area contributed by atoms with Crippen molar-refractivity contribution in [2.24, 2.45) is 5.41 Å². The van der Waals surface area contributed by atoms with E-state index in [-0.39, 0.29) is 5.91 Å². The van der Waals surface area contributed by atoms with Crippen molar-refractivity contribution < 1.29 is 9.21 Å². The molecule has 0 spiro atoms. The Kier molecular flexibility index (Phi) is 3.85. The molecule has 1 aliphatic carbocycles. The molecule has 4 heteroatoms. The van der Waals surface area contributed by atoms with E-state index >= 15 is 0 Å². The highest BCUT2D eigenvalue weighted by molar-refractivity contribution is 9.10. The smallest absolute Gasteiger partial charge is 0.289 e. The average molecular weight is 314 g/mol. The molecule has 1 amide bonds. The average Bonchev–Trinajstić information content (AvgIpc) is 2.74. The Morgan fingerprint density at radius 3 is 2.50 bits per heavy atom. The van der Waals surface area contributed by atoms with Crippen LogP contribution in [0.2, 0.25) is 0 Å². The van der Waals surface area contributed by atoms with E-state index in [1.54, 1.807) is 12.1 Å². The van der Waals surface area contributed by atoms with Gasteiger partial charge in [0.15, 0.2) is 10.4 Å². The Morgan fingerprint density at radius 1 is 1.39 bits per heavy atom. The summed E-state index contributed by atoms with van der Waals surface area (Å²) in [5.41, 5.74) is 0.425. The van der Waals surface area contributed by atoms with Crippen molar-refractivity contribution in [3.63, 3.8) is 0 Å². The molecule has 1 heterocycles. The molecule has 1 fully saturated rings. The number of halogens is 1. The second-order valence-corrected chi connectivity index (χ2v) is 6.70. The lowest BCUT2D eigenvalue weighted by atomic mass is 9.75. The fourth-order valence-corrected chi connectivity index (χ4v) is 2.85. The summed E-state index contributed by atoms with van der Waals surface area (Å²) in [7, 11) is 1.88. The lowest BCUT2D eigenvalue weighted by molar-refractivity contribution is 0.0603. The summed E-state index contributed by atoms with van der Waals surface area (Å²) in [6.07, 6.45) is 4.52. The van der Waals surface area contributed by atoms with E-state index in [1.165, 1.54) is 12.8 Å². The Balaban J connectivity index is 2.00. The number of carbonyl (C=O) groups is 1. The second-order valence-electron chi connectivity index (χ2n) is 5.92. The van der Waals surface area contributed by atoms with Crippen molar-refractivity contribution in [2.45, 2.75) is 45.6 Å². The largest absolute Gasteiger partial charge is 0.444 e. The Bertz CT molecular complexity index is 429. The number of hydrogen-bond acceptors (Lipinski definition) is 2. The lowest BCUT2D eigenvalue weighted by Gasteiger charge is -2.38. The maximum atomic E-state index is 12.2. The maximum absolute atomic E-state index is 12.2. The summed E-state index contributed by atoms with van der Waals surface area (Å²) in [5, 5.41) is 0. The third kappa shape index (κ3) is 2.97. The van der Waals surface area contributed by atoms with Crippen LogP contribution in [0, 0.1) is 5.41 Å². The maximum Gasteiger partial charge on any atom is 0.289 e. The van der Waals surface area contributed by atoms with Gasteiger partial charge in [-0.1, -0.05) is 13.8 Å². The van der Waals surface area contributed by atoms with Gasteiger partial charge >= 0.3 is 0 Å². The molecular weight excluding hydrogens is 294 g/mol. The molecule has 0 radical (unpaired) electrons. The molecule has 100 valence electrons. The van der Waals surface area contributed by atoms with Gasteiger partial charge in [-0.2, -0.15) is 0 Å². The second kappa shape index (κ2) is 5.08. The van der Waals surface area contributed by atoms with Crippen molar-refractivity contribution >= 4 is 21.8 Å². The van der Waals surface area contributed by atoms with Crippen molar-refractivity contribution in [3.05, 3.63) is 22.6 Å². The van der Waals surface area contributed by atoms with E-state index in [0.717, 1.165) is 12.8 Å². The van der Waals surface area contributed by atoms with Gasteiger partial charge in [0.05, 0.1) is 0 Å². The highest BCUT2D eigenvalue weighted by Gasteiger charge is 2.31. The van der Waals surface area contributed by atoms with Gasteiger partial charge in [0.2, 0.25) is 0 Å². The number of amides is 1. The number of nitrogens with zero attached hydrogens (tertiary/aromatic N) is 1. The van der Waals surface area contributed by atoms with Gasteiger partial charge < -0.3 is 9.32 Å². The summed E-state index contributed by atoms with van der Waals surface area (Å²) >= 11 is 3.22. The third-order valence-corrected chi connectivity index (χ3v) is 4.39. The fourth-order valence-electron chi connectivity index (χ4n) is 2.54. The predicted molar refractivity (Wildman–Crippen MR) is 74.5 cm³/mol. The molecule has 0 unspecified atom stereocenters. The van der Waals surface area contributed by atoms with E-state index in [9.17, 15) is 4.79 Å². The van der Waals surface area contributed by atoms with Gasteiger partial charge in [0.25, 0.3) is 5.91 Å². The quantitative estimate of drug-likeness (QED) is 0.824. The zero-order valence-corrected chi connectivity index (χ0v) is 12.8. The van der Waals surface area contributed by atoms with Crippen molar-refractivity contribution in [3.8, 4) is 0 Å². The minimum Gasteiger partial charge on any atom is -0.444 e.